The molecule has 1 aliphatic rings. The van der Waals surface area contributed by atoms with E-state index in [9.17, 15) is 4.79 Å². The molecule has 1 atom stereocenters. The Labute approximate surface area is 98.4 Å². The summed E-state index contributed by atoms with van der Waals surface area (Å²) in [6.45, 7) is 0.697. The number of carbonyl (C=O) groups excluding carboxylic acids is 1. The second-order valence-corrected chi connectivity index (χ2v) is 4.48. The molecule has 0 aliphatic carbocycles. The Hall–Kier alpha value is -1.31. The van der Waals surface area contributed by atoms with Gasteiger partial charge in [-0.05, 0) is 17.0 Å². The Kier molecular flexibility index (Phi) is 3.60. The molecule has 0 unspecified atom stereocenters. The molecular weight excluding hydrogens is 224 g/mol. The van der Waals surface area contributed by atoms with Gasteiger partial charge in [-0.15, -0.1) is 17.8 Å². The van der Waals surface area contributed by atoms with Gasteiger partial charge < -0.3 is 9.47 Å². The van der Waals surface area contributed by atoms with Gasteiger partial charge in [-0.2, -0.15) is 0 Å². The van der Waals surface area contributed by atoms with Crippen LogP contribution in [0.2, 0.25) is 0 Å². The number of rotatable bonds is 3. The first-order valence-corrected chi connectivity index (χ1v) is 5.96. The molecule has 0 saturated heterocycles. The molecule has 84 valence electrons. The fourth-order valence-electron chi connectivity index (χ4n) is 1.73. The molecule has 3 nitrogen and oxygen atoms in total. The molecule has 2 heterocycles. The van der Waals surface area contributed by atoms with Crippen molar-refractivity contribution < 1.29 is 14.3 Å². The van der Waals surface area contributed by atoms with Crippen LogP contribution in [0, 0.1) is 12.3 Å². The summed E-state index contributed by atoms with van der Waals surface area (Å²) in [4.78, 5) is 12.7. The van der Waals surface area contributed by atoms with Crippen LogP contribution in [0.1, 0.15) is 23.0 Å². The van der Waals surface area contributed by atoms with Crippen molar-refractivity contribution in [1.82, 2.24) is 0 Å². The van der Waals surface area contributed by atoms with Crippen LogP contribution in [-0.2, 0) is 20.7 Å². The number of hydrogen-bond acceptors (Lipinski definition) is 4. The zero-order valence-corrected chi connectivity index (χ0v) is 9.59. The summed E-state index contributed by atoms with van der Waals surface area (Å²) < 4.78 is 10.4. The largest absolute Gasteiger partial charge is 0.452 e. The van der Waals surface area contributed by atoms with E-state index in [1.54, 1.807) is 11.3 Å². The molecule has 0 bridgehead atoms. The molecule has 1 aliphatic heterocycles. The second kappa shape index (κ2) is 5.15. The Bertz CT molecular complexity index is 416. The molecule has 0 fully saturated rings. The first kappa shape index (κ1) is 11.2. The van der Waals surface area contributed by atoms with E-state index in [-0.39, 0.29) is 25.1 Å². The fourth-order valence-corrected chi connectivity index (χ4v) is 2.64. The quantitative estimate of drug-likeness (QED) is 0.594. The van der Waals surface area contributed by atoms with E-state index in [1.807, 2.05) is 11.4 Å². The maximum absolute atomic E-state index is 11.4. The Morgan fingerprint density at radius 1 is 1.75 bits per heavy atom. The fraction of sp³-hybridized carbons (Fsp3) is 0.417. The summed E-state index contributed by atoms with van der Waals surface area (Å²) in [5, 5.41) is 2.03. The minimum atomic E-state index is -0.304. The average molecular weight is 236 g/mol. The predicted molar refractivity (Wildman–Crippen MR) is 61.1 cm³/mol. The van der Waals surface area contributed by atoms with Crippen molar-refractivity contribution in [3.05, 3.63) is 21.9 Å². The van der Waals surface area contributed by atoms with Gasteiger partial charge in [0.1, 0.15) is 0 Å². The number of fused-ring (bicyclic) bond motifs is 1. The number of thiophene rings is 1. The Balaban J connectivity index is 1.97. The third-order valence-corrected chi connectivity index (χ3v) is 3.44. The first-order chi connectivity index (χ1) is 7.81. The molecule has 0 saturated carbocycles. The van der Waals surface area contributed by atoms with Gasteiger partial charge in [0.2, 0.25) is 0 Å². The molecule has 1 aromatic heterocycles. The highest BCUT2D eigenvalue weighted by Crippen LogP contribution is 2.33. The summed E-state index contributed by atoms with van der Waals surface area (Å²) in [5.41, 5.74) is 1.12. The normalized spacial score (nSPS) is 18.6. The molecular formula is C12H12O3S. The summed E-state index contributed by atoms with van der Waals surface area (Å²) in [6.07, 6.45) is 6.02. The van der Waals surface area contributed by atoms with E-state index < -0.39 is 0 Å². The zero-order valence-electron chi connectivity index (χ0n) is 8.77. The van der Waals surface area contributed by atoms with Gasteiger partial charge in [0.25, 0.3) is 0 Å². The van der Waals surface area contributed by atoms with E-state index in [2.05, 4.69) is 5.92 Å². The number of ether oxygens (including phenoxy) is 2. The summed E-state index contributed by atoms with van der Waals surface area (Å²) >= 11 is 1.71. The SMILES string of the molecule is C#CCOC(=O)C[C@@H]1OCCc2sccc21. The van der Waals surface area contributed by atoms with Crippen molar-refractivity contribution in [3.8, 4) is 12.3 Å². The highest BCUT2D eigenvalue weighted by Gasteiger charge is 2.24. The van der Waals surface area contributed by atoms with Gasteiger partial charge in [-0.1, -0.05) is 5.92 Å². The van der Waals surface area contributed by atoms with E-state index in [1.165, 1.54) is 4.88 Å². The van der Waals surface area contributed by atoms with Crippen molar-refractivity contribution in [2.24, 2.45) is 0 Å². The molecule has 0 aromatic carbocycles. The van der Waals surface area contributed by atoms with Gasteiger partial charge in [0.15, 0.2) is 6.61 Å². The van der Waals surface area contributed by atoms with Crippen LogP contribution >= 0.6 is 11.3 Å². The van der Waals surface area contributed by atoms with Crippen LogP contribution in [0.3, 0.4) is 0 Å². The first-order valence-electron chi connectivity index (χ1n) is 5.08. The number of esters is 1. The minimum absolute atomic E-state index is 0.0298. The van der Waals surface area contributed by atoms with Crippen molar-refractivity contribution >= 4 is 17.3 Å². The van der Waals surface area contributed by atoms with Crippen LogP contribution in [0.15, 0.2) is 11.4 Å². The van der Waals surface area contributed by atoms with Crippen LogP contribution in [0.4, 0.5) is 0 Å². The molecule has 16 heavy (non-hydrogen) atoms. The molecule has 4 heteroatoms. The Morgan fingerprint density at radius 3 is 3.44 bits per heavy atom. The molecule has 0 spiro atoms. The van der Waals surface area contributed by atoms with Crippen LogP contribution in [0.5, 0.6) is 0 Å². The monoisotopic (exact) mass is 236 g/mol. The molecule has 2 rings (SSSR count). The van der Waals surface area contributed by atoms with Crippen molar-refractivity contribution in [1.29, 1.82) is 0 Å². The van der Waals surface area contributed by atoms with E-state index in [0.29, 0.717) is 6.61 Å². The topological polar surface area (TPSA) is 35.5 Å². The van der Waals surface area contributed by atoms with Gasteiger partial charge in [0.05, 0.1) is 19.1 Å². The van der Waals surface area contributed by atoms with Gasteiger partial charge >= 0.3 is 5.97 Å². The van der Waals surface area contributed by atoms with Crippen molar-refractivity contribution in [3.63, 3.8) is 0 Å². The maximum Gasteiger partial charge on any atom is 0.309 e. The van der Waals surface area contributed by atoms with Gasteiger partial charge in [-0.25, -0.2) is 0 Å². The van der Waals surface area contributed by atoms with E-state index in [0.717, 1.165) is 12.0 Å². The van der Waals surface area contributed by atoms with Gasteiger partial charge in [0, 0.05) is 11.3 Å². The van der Waals surface area contributed by atoms with Crippen molar-refractivity contribution in [2.75, 3.05) is 13.2 Å². The van der Waals surface area contributed by atoms with Crippen LogP contribution in [-0.4, -0.2) is 19.2 Å². The minimum Gasteiger partial charge on any atom is -0.452 e. The predicted octanol–water partition coefficient (Wildman–Crippen LogP) is 1.93. The Morgan fingerprint density at radius 2 is 2.62 bits per heavy atom. The average Bonchev–Trinajstić information content (AvgIpc) is 2.75. The number of terminal acetylenes is 1. The zero-order chi connectivity index (χ0) is 11.4. The lowest BCUT2D eigenvalue weighted by molar-refractivity contribution is -0.145. The molecule has 0 amide bonds. The lowest BCUT2D eigenvalue weighted by Gasteiger charge is -2.22. The lowest BCUT2D eigenvalue weighted by Crippen LogP contribution is -2.18. The lowest BCUT2D eigenvalue weighted by atomic mass is 10.0. The second-order valence-electron chi connectivity index (χ2n) is 3.48. The number of carbonyl (C=O) groups is 1. The highest BCUT2D eigenvalue weighted by atomic mass is 32.1. The van der Waals surface area contributed by atoms with Crippen molar-refractivity contribution in [2.45, 2.75) is 18.9 Å². The third-order valence-electron chi connectivity index (χ3n) is 2.44. The van der Waals surface area contributed by atoms with E-state index in [4.69, 9.17) is 15.9 Å². The maximum atomic E-state index is 11.4. The summed E-state index contributed by atoms with van der Waals surface area (Å²) in [6, 6.07) is 2.01. The van der Waals surface area contributed by atoms with Crippen LogP contribution in [0.25, 0.3) is 0 Å². The standard InChI is InChI=1S/C12H12O3S/c1-2-5-15-12(13)8-10-9-4-7-16-11(9)3-6-14-10/h1,4,7,10H,3,5-6,8H2/t10-/m0/s1. The van der Waals surface area contributed by atoms with E-state index >= 15 is 0 Å². The smallest absolute Gasteiger partial charge is 0.309 e. The molecule has 1 aromatic rings. The molecule has 0 N–H and O–H groups in total. The highest BCUT2D eigenvalue weighted by molar-refractivity contribution is 7.10. The van der Waals surface area contributed by atoms with Crippen LogP contribution < -0.4 is 0 Å². The third kappa shape index (κ3) is 2.43. The summed E-state index contributed by atoms with van der Waals surface area (Å²) in [5.74, 6) is 1.96. The summed E-state index contributed by atoms with van der Waals surface area (Å²) in [7, 11) is 0. The molecule has 0 radical (unpaired) electrons. The van der Waals surface area contributed by atoms with Gasteiger partial charge in [-0.3, -0.25) is 4.79 Å². The number of hydrogen-bond donors (Lipinski definition) is 0.